The van der Waals surface area contributed by atoms with Gasteiger partial charge in [-0.2, -0.15) is 0 Å². The lowest BCUT2D eigenvalue weighted by atomic mass is 10.1. The third-order valence-electron chi connectivity index (χ3n) is 2.28. The monoisotopic (exact) mass is 197 g/mol. The summed E-state index contributed by atoms with van der Waals surface area (Å²) in [6.07, 6.45) is 0.0123. The van der Waals surface area contributed by atoms with Crippen LogP contribution in [0.2, 0.25) is 0 Å². The van der Waals surface area contributed by atoms with Crippen LogP contribution in [0.3, 0.4) is 0 Å². The van der Waals surface area contributed by atoms with Gasteiger partial charge in [0.15, 0.2) is 0 Å². The highest BCUT2D eigenvalue weighted by molar-refractivity contribution is 5.99. The van der Waals surface area contributed by atoms with Crippen molar-refractivity contribution in [2.24, 2.45) is 0 Å². The Labute approximate surface area is 83.2 Å². The second-order valence-corrected chi connectivity index (χ2v) is 4.45. The molecule has 0 unspecified atom stereocenters. The van der Waals surface area contributed by atoms with Crippen LogP contribution in [-0.4, -0.2) is 27.4 Å². The summed E-state index contributed by atoms with van der Waals surface area (Å²) in [4.78, 5) is 23.9. The van der Waals surface area contributed by atoms with Gasteiger partial charge in [0, 0.05) is 11.2 Å². The van der Waals surface area contributed by atoms with E-state index in [0.717, 1.165) is 0 Å². The van der Waals surface area contributed by atoms with Crippen molar-refractivity contribution in [3.8, 4) is 0 Å². The second-order valence-electron chi connectivity index (χ2n) is 4.45. The van der Waals surface area contributed by atoms with Gasteiger partial charge in [0.05, 0.1) is 12.0 Å². The summed E-state index contributed by atoms with van der Waals surface area (Å²) in [6, 6.07) is 0. The van der Waals surface area contributed by atoms with E-state index in [-0.39, 0.29) is 23.4 Å². The number of carbonyl (C=O) groups excluding carboxylic acids is 1. The molecule has 0 spiro atoms. The number of hydrogen-bond donors (Lipinski definition) is 1. The maximum atomic E-state index is 11.6. The number of rotatable bonds is 1. The smallest absolute Gasteiger partial charge is 0.333 e. The normalized spacial score (nSPS) is 18.0. The molecule has 0 saturated heterocycles. The number of carboxylic acid groups (broad SMARTS) is 1. The fourth-order valence-electron chi connectivity index (χ4n) is 1.79. The van der Waals surface area contributed by atoms with E-state index >= 15 is 0 Å². The van der Waals surface area contributed by atoms with Crippen LogP contribution >= 0.6 is 0 Å². The summed E-state index contributed by atoms with van der Waals surface area (Å²) in [5.41, 5.74) is 0.429. The van der Waals surface area contributed by atoms with Gasteiger partial charge in [-0.1, -0.05) is 0 Å². The summed E-state index contributed by atoms with van der Waals surface area (Å²) in [5, 5.41) is 8.85. The molecule has 0 aromatic carbocycles. The molecule has 0 fully saturated rings. The number of carbonyl (C=O) groups is 2. The van der Waals surface area contributed by atoms with Crippen molar-refractivity contribution < 1.29 is 14.7 Å². The Morgan fingerprint density at radius 1 is 1.43 bits per heavy atom. The third-order valence-corrected chi connectivity index (χ3v) is 2.28. The Bertz CT molecular complexity index is 323. The quantitative estimate of drug-likeness (QED) is 0.690. The zero-order chi connectivity index (χ0) is 11.1. The molecular formula is C10H15NO3. The zero-order valence-electron chi connectivity index (χ0n) is 8.92. The Balaban J connectivity index is 3.11. The number of hydrogen-bond acceptors (Lipinski definition) is 2. The van der Waals surface area contributed by atoms with Gasteiger partial charge in [-0.15, -0.1) is 0 Å². The van der Waals surface area contributed by atoms with Crippen molar-refractivity contribution in [3.63, 3.8) is 0 Å². The fraction of sp³-hybridized carbons (Fsp3) is 0.600. The number of amides is 1. The average Bonchev–Trinajstić information content (AvgIpc) is 2.24. The molecule has 0 saturated carbocycles. The van der Waals surface area contributed by atoms with E-state index in [1.54, 1.807) is 11.8 Å². The zero-order valence-corrected chi connectivity index (χ0v) is 8.92. The van der Waals surface area contributed by atoms with Gasteiger partial charge in [0.1, 0.15) is 0 Å². The van der Waals surface area contributed by atoms with Crippen LogP contribution in [0.4, 0.5) is 0 Å². The molecule has 1 heterocycles. The predicted octanol–water partition coefficient (Wildman–Crippen LogP) is 1.38. The summed E-state index contributed by atoms with van der Waals surface area (Å²) >= 11 is 0. The summed E-state index contributed by atoms with van der Waals surface area (Å²) < 4.78 is 0. The highest BCUT2D eigenvalue weighted by Gasteiger charge is 2.37. The van der Waals surface area contributed by atoms with Crippen LogP contribution in [0.5, 0.6) is 0 Å². The highest BCUT2D eigenvalue weighted by Crippen LogP contribution is 2.30. The first-order chi connectivity index (χ1) is 6.25. The average molecular weight is 197 g/mol. The number of nitrogens with zero attached hydrogens (tertiary/aromatic N) is 1. The molecule has 0 radical (unpaired) electrons. The third kappa shape index (κ3) is 1.64. The topological polar surface area (TPSA) is 57.6 Å². The van der Waals surface area contributed by atoms with Crippen LogP contribution < -0.4 is 0 Å². The number of carboxylic acids is 1. The Kier molecular flexibility index (Phi) is 2.39. The van der Waals surface area contributed by atoms with Crippen molar-refractivity contribution in [3.05, 3.63) is 11.3 Å². The molecule has 0 atom stereocenters. The number of aliphatic carboxylic acids is 1. The largest absolute Gasteiger partial charge is 0.478 e. The Morgan fingerprint density at radius 3 is 2.14 bits per heavy atom. The first-order valence-electron chi connectivity index (χ1n) is 4.51. The van der Waals surface area contributed by atoms with Crippen LogP contribution in [-0.2, 0) is 9.59 Å². The van der Waals surface area contributed by atoms with Crippen LogP contribution in [0.1, 0.15) is 34.1 Å². The van der Waals surface area contributed by atoms with Gasteiger partial charge in [0.2, 0.25) is 5.91 Å². The molecule has 1 aliphatic rings. The maximum absolute atomic E-state index is 11.6. The molecule has 14 heavy (non-hydrogen) atoms. The molecule has 4 heteroatoms. The van der Waals surface area contributed by atoms with Gasteiger partial charge >= 0.3 is 5.97 Å². The Hall–Kier alpha value is -1.32. The SMILES string of the molecule is CC1=C(C(=O)O)CC(=O)N1C(C)(C)C. The molecule has 78 valence electrons. The van der Waals surface area contributed by atoms with Gasteiger partial charge in [-0.25, -0.2) is 4.79 Å². The predicted molar refractivity (Wildman–Crippen MR) is 51.6 cm³/mol. The first kappa shape index (κ1) is 10.8. The molecule has 1 N–H and O–H groups in total. The van der Waals surface area contributed by atoms with E-state index in [1.807, 2.05) is 20.8 Å². The van der Waals surface area contributed by atoms with Crippen LogP contribution in [0, 0.1) is 0 Å². The molecule has 4 nitrogen and oxygen atoms in total. The minimum atomic E-state index is -0.998. The van der Waals surface area contributed by atoms with Crippen LogP contribution in [0.15, 0.2) is 11.3 Å². The lowest BCUT2D eigenvalue weighted by Gasteiger charge is -2.33. The van der Waals surface area contributed by atoms with E-state index < -0.39 is 5.97 Å². The van der Waals surface area contributed by atoms with Crippen LogP contribution in [0.25, 0.3) is 0 Å². The van der Waals surface area contributed by atoms with Crippen molar-refractivity contribution >= 4 is 11.9 Å². The summed E-state index contributed by atoms with van der Waals surface area (Å²) in [7, 11) is 0. The standard InChI is InChI=1S/C10H15NO3/c1-6-7(9(13)14)5-8(12)11(6)10(2,3)4/h5H2,1-4H3,(H,13,14). The molecule has 0 aromatic rings. The van der Waals surface area contributed by atoms with Gasteiger partial charge < -0.3 is 10.0 Å². The molecule has 1 rings (SSSR count). The molecule has 1 aliphatic heterocycles. The van der Waals surface area contributed by atoms with Gasteiger partial charge in [-0.05, 0) is 27.7 Å². The van der Waals surface area contributed by atoms with Crippen molar-refractivity contribution in [1.82, 2.24) is 4.90 Å². The molecular weight excluding hydrogens is 182 g/mol. The summed E-state index contributed by atoms with van der Waals surface area (Å²) in [6.45, 7) is 7.34. The fourth-order valence-corrected chi connectivity index (χ4v) is 1.79. The van der Waals surface area contributed by atoms with E-state index in [4.69, 9.17) is 5.11 Å². The van der Waals surface area contributed by atoms with Crippen molar-refractivity contribution in [2.45, 2.75) is 39.7 Å². The van der Waals surface area contributed by atoms with E-state index in [0.29, 0.717) is 5.70 Å². The number of allylic oxidation sites excluding steroid dienone is 1. The maximum Gasteiger partial charge on any atom is 0.333 e. The first-order valence-corrected chi connectivity index (χ1v) is 4.51. The van der Waals surface area contributed by atoms with Crippen molar-refractivity contribution in [1.29, 1.82) is 0 Å². The van der Waals surface area contributed by atoms with Gasteiger partial charge in [0.25, 0.3) is 0 Å². The lowest BCUT2D eigenvalue weighted by molar-refractivity contribution is -0.134. The minimum Gasteiger partial charge on any atom is -0.478 e. The Morgan fingerprint density at radius 2 is 1.93 bits per heavy atom. The van der Waals surface area contributed by atoms with Gasteiger partial charge in [-0.3, -0.25) is 4.79 Å². The second kappa shape index (κ2) is 3.12. The lowest BCUT2D eigenvalue weighted by Crippen LogP contribution is -2.41. The highest BCUT2D eigenvalue weighted by atomic mass is 16.4. The van der Waals surface area contributed by atoms with Crippen molar-refractivity contribution in [2.75, 3.05) is 0 Å². The molecule has 1 amide bonds. The molecule has 0 aliphatic carbocycles. The van der Waals surface area contributed by atoms with E-state index in [9.17, 15) is 9.59 Å². The minimum absolute atomic E-state index is 0.0123. The van der Waals surface area contributed by atoms with E-state index in [1.165, 1.54) is 0 Å². The van der Waals surface area contributed by atoms with E-state index in [2.05, 4.69) is 0 Å². The summed E-state index contributed by atoms with van der Waals surface area (Å²) in [5.74, 6) is -1.13. The molecule has 0 aromatic heterocycles. The molecule has 0 bridgehead atoms.